The highest BCUT2D eigenvalue weighted by Crippen LogP contribution is 2.45. The Bertz CT molecular complexity index is 6410. The number of carboxylic acids is 4. The second kappa shape index (κ2) is 44.9. The number of halogens is 4. The molecule has 0 saturated carbocycles. The number of nitrogens with zero attached hydrogens (tertiary/aromatic N) is 8. The van der Waals surface area contributed by atoms with Gasteiger partial charge in [0.1, 0.15) is 24.0 Å². The van der Waals surface area contributed by atoms with Crippen molar-refractivity contribution < 1.29 is 119 Å². The number of carbonyl (C=O) groups excluding carboxylic acids is 2. The van der Waals surface area contributed by atoms with Crippen molar-refractivity contribution in [3.63, 3.8) is 0 Å². The number of methoxy groups -OCH3 is 5. The van der Waals surface area contributed by atoms with Gasteiger partial charge in [0.05, 0.1) is 176 Å². The number of carboxylic acid groups (broad SMARTS) is 4. The predicted molar refractivity (Wildman–Crippen MR) is 483 cm³/mol. The molecule has 0 unspecified atom stereocenters. The molecule has 0 aliphatic carbocycles. The molecule has 131 heavy (non-hydrogen) atoms. The number of alkyl halides is 3. The molecule has 0 spiro atoms. The van der Waals surface area contributed by atoms with Gasteiger partial charge in [-0.1, -0.05) is 48.5 Å². The minimum atomic E-state index is -4.87. The number of benzene rings is 8. The van der Waals surface area contributed by atoms with E-state index in [0.717, 1.165) is 25.0 Å². The first-order valence-corrected chi connectivity index (χ1v) is 41.0. The number of pyridine rings is 4. The number of oxazole rings is 2. The van der Waals surface area contributed by atoms with Gasteiger partial charge in [0.15, 0.2) is 23.0 Å². The number of aromatic carboxylic acids is 4. The maximum atomic E-state index is 13.5. The number of rotatable bonds is 34. The molecule has 8 N–H and O–H groups in total. The topological polar surface area (TPSA) is 434 Å². The van der Waals surface area contributed by atoms with Crippen molar-refractivity contribution in [1.29, 1.82) is 0 Å². The lowest BCUT2D eigenvalue weighted by Crippen LogP contribution is -2.41. The Hall–Kier alpha value is -15.3. The molecule has 38 heteroatoms. The summed E-state index contributed by atoms with van der Waals surface area (Å²) >= 11 is 3.53. The van der Waals surface area contributed by atoms with Gasteiger partial charge in [-0.2, -0.15) is 0 Å². The lowest BCUT2D eigenvalue weighted by Gasteiger charge is -2.28. The summed E-state index contributed by atoms with van der Waals surface area (Å²) in [5.41, 5.74) is 7.10. The number of nitrogens with one attached hydrogen (secondary N) is 4. The molecule has 14 aromatic rings. The second-order valence-electron chi connectivity index (χ2n) is 28.5. The molecule has 0 bridgehead atoms. The maximum Gasteiger partial charge on any atom is 0.573 e. The molecular formula is C93H88BrF3N12O22. The Balaban J connectivity index is 0.000000158. The summed E-state index contributed by atoms with van der Waals surface area (Å²) in [5.74, 6) is -2.13. The van der Waals surface area contributed by atoms with E-state index < -0.39 is 36.0 Å². The van der Waals surface area contributed by atoms with Crippen molar-refractivity contribution in [2.24, 2.45) is 0 Å². The fourth-order valence-corrected chi connectivity index (χ4v) is 14.0. The van der Waals surface area contributed by atoms with Crippen LogP contribution in [0.3, 0.4) is 0 Å². The Labute approximate surface area is 754 Å². The average molecular weight is 1860 g/mol. The standard InChI is InChI=1S/C26H29N3O7.C24H23N3O6.C23H24BrN3O5.C20H12F3N3O4/c1-33-10-5-11-36-23-15-21-18(14-22(23)34-2)24(28-20-7-4-3-6-17(20)26(31)32)19(16-27-21)25(30)29-8-12-35-13-9-29;1-30-9-5-10-32-21-13-19-16(12-20(21)31-2)22(17(14-26-19)23-25-8-11-33-23)27-18-7-4-3-6-15(18)24(28)29;1-27(2)22(28)16-13-25-19-12-20(32-10-6-9-31-3)17(24)11-15(19)21(16)26-18-8-5-4-7-14(18)23(29)30;21-20(22,23)30-11-5-6-15-13(9-11)17(14(10-25-15)18-24-7-8-29-18)26-16-4-2-1-3-12(16)19(27)28/h3-4,6-7,14-16H,5,8-13H2,1-2H3,(H,27,28)(H,31,32);3-4,6-8,11-14H,5,9-10H2,1-2H3,(H,26,27)(H,28,29);4-5,7-8,11-13H,6,9-10H2,1-3H3,(H,25,26)(H,29,30);1-10H,(H,25,26)(H,27,28). The molecule has 8 aromatic carbocycles. The van der Waals surface area contributed by atoms with Crippen LogP contribution in [0.2, 0.25) is 0 Å². The molecule has 680 valence electrons. The van der Waals surface area contributed by atoms with Crippen LogP contribution in [-0.4, -0.2) is 218 Å². The van der Waals surface area contributed by atoms with Crippen LogP contribution >= 0.6 is 15.9 Å². The fraction of sp³-hybridized carbons (Fsp3) is 0.226. The van der Waals surface area contributed by atoms with Gasteiger partial charge in [0.25, 0.3) is 11.8 Å². The third-order valence-electron chi connectivity index (χ3n) is 19.7. The third-order valence-corrected chi connectivity index (χ3v) is 20.3. The zero-order valence-electron chi connectivity index (χ0n) is 71.5. The van der Waals surface area contributed by atoms with Gasteiger partial charge in [-0.3, -0.25) is 29.5 Å². The zero-order chi connectivity index (χ0) is 93.3. The van der Waals surface area contributed by atoms with Crippen molar-refractivity contribution >= 4 is 141 Å². The Morgan fingerprint density at radius 3 is 1.21 bits per heavy atom. The van der Waals surface area contributed by atoms with E-state index >= 15 is 0 Å². The summed E-state index contributed by atoms with van der Waals surface area (Å²) in [6.45, 7) is 4.94. The summed E-state index contributed by atoms with van der Waals surface area (Å²) < 4.78 is 103. The predicted octanol–water partition coefficient (Wildman–Crippen LogP) is 18.1. The summed E-state index contributed by atoms with van der Waals surface area (Å²) in [6.07, 6.45) is 9.09. The van der Waals surface area contributed by atoms with E-state index in [2.05, 4.69) is 71.8 Å². The van der Waals surface area contributed by atoms with Crippen LogP contribution in [0.5, 0.6) is 34.5 Å². The first-order valence-electron chi connectivity index (χ1n) is 40.2. The molecule has 2 amide bonds. The molecule has 34 nitrogen and oxygen atoms in total. The van der Waals surface area contributed by atoms with Crippen LogP contribution in [0.1, 0.15) is 81.4 Å². The van der Waals surface area contributed by atoms with Gasteiger partial charge in [0.2, 0.25) is 11.8 Å². The van der Waals surface area contributed by atoms with Crippen molar-refractivity contribution in [3.05, 3.63) is 239 Å². The maximum absolute atomic E-state index is 13.5. The van der Waals surface area contributed by atoms with E-state index in [4.69, 9.17) is 51.5 Å². The molecule has 7 heterocycles. The monoisotopic (exact) mass is 1860 g/mol. The number of amides is 2. The van der Waals surface area contributed by atoms with Crippen LogP contribution in [0.4, 0.5) is 58.7 Å². The normalized spacial score (nSPS) is 11.7. The largest absolute Gasteiger partial charge is 0.573 e. The van der Waals surface area contributed by atoms with Crippen LogP contribution in [0.25, 0.3) is 66.5 Å². The van der Waals surface area contributed by atoms with E-state index in [1.807, 2.05) is 6.07 Å². The van der Waals surface area contributed by atoms with Crippen molar-refractivity contribution in [3.8, 4) is 57.4 Å². The highest BCUT2D eigenvalue weighted by Gasteiger charge is 2.33. The SMILES string of the molecule is COCCCOc1cc2ncc(-c3ncco3)c(Nc3ccccc3C(=O)O)c2cc1OC.COCCCOc1cc2ncc(C(=O)N(C)C)c(Nc3ccccc3C(=O)O)c2cc1Br.COCCCOc1cc2ncc(C(=O)N3CCOCC3)c(Nc3ccccc3C(=O)O)c2cc1OC.O=C(O)c1ccccc1Nc1c(-c2ncco2)cnc2ccc(OC(F)(F)F)cc12. The molecular weight excluding hydrogens is 1770 g/mol. The van der Waals surface area contributed by atoms with E-state index in [-0.39, 0.29) is 56.7 Å². The minimum Gasteiger partial charge on any atom is -0.493 e. The van der Waals surface area contributed by atoms with Crippen LogP contribution in [-0.2, 0) is 18.9 Å². The molecule has 1 fully saturated rings. The minimum absolute atomic E-state index is 0.0245. The molecule has 6 aromatic heterocycles. The number of ether oxygens (including phenoxy) is 10. The van der Waals surface area contributed by atoms with Crippen molar-refractivity contribution in [1.82, 2.24) is 39.7 Å². The number of aromatic nitrogens is 6. The van der Waals surface area contributed by atoms with Gasteiger partial charge >= 0.3 is 30.2 Å². The summed E-state index contributed by atoms with van der Waals surface area (Å²) in [7, 11) is 11.3. The molecule has 1 aliphatic heterocycles. The van der Waals surface area contributed by atoms with E-state index in [0.29, 0.717) is 206 Å². The molecule has 1 aliphatic rings. The summed E-state index contributed by atoms with van der Waals surface area (Å²) in [6, 6.07) is 40.2. The van der Waals surface area contributed by atoms with E-state index in [1.54, 1.807) is 151 Å². The van der Waals surface area contributed by atoms with Gasteiger partial charge in [-0.25, -0.2) is 29.1 Å². The fourth-order valence-electron chi connectivity index (χ4n) is 13.5. The lowest BCUT2D eigenvalue weighted by atomic mass is 10.1. The second-order valence-corrected chi connectivity index (χ2v) is 29.4. The highest BCUT2D eigenvalue weighted by molar-refractivity contribution is 9.10. The van der Waals surface area contributed by atoms with Crippen molar-refractivity contribution in [2.45, 2.75) is 25.6 Å². The van der Waals surface area contributed by atoms with Gasteiger partial charge < -0.3 is 108 Å². The number of morpholine rings is 1. The Morgan fingerprint density at radius 1 is 0.435 bits per heavy atom. The number of fused-ring (bicyclic) bond motifs is 4. The average Bonchev–Trinajstić information content (AvgIpc) is 0.993. The summed E-state index contributed by atoms with van der Waals surface area (Å²) in [5, 5.41) is 53.1. The zero-order valence-corrected chi connectivity index (χ0v) is 73.1. The summed E-state index contributed by atoms with van der Waals surface area (Å²) in [4.78, 5) is 102. The number of hydrogen-bond donors (Lipinski definition) is 8. The number of para-hydroxylation sites is 4. The third kappa shape index (κ3) is 24.0. The van der Waals surface area contributed by atoms with E-state index in [9.17, 15) is 62.4 Å². The molecule has 15 rings (SSSR count). The van der Waals surface area contributed by atoms with Gasteiger partial charge in [-0.05, 0) is 101 Å². The quantitative estimate of drug-likeness (QED) is 0.0174. The first kappa shape index (κ1) is 94.9. The Morgan fingerprint density at radius 2 is 0.809 bits per heavy atom. The first-order chi connectivity index (χ1) is 63.3. The van der Waals surface area contributed by atoms with Crippen molar-refractivity contribution in [2.75, 3.05) is 137 Å². The highest BCUT2D eigenvalue weighted by atomic mass is 79.9. The smallest absolute Gasteiger partial charge is 0.493 e. The van der Waals surface area contributed by atoms with Crippen LogP contribution in [0, 0.1) is 0 Å². The number of anilines is 8. The molecule has 1 saturated heterocycles. The van der Waals surface area contributed by atoms with Crippen LogP contribution < -0.4 is 49.7 Å². The number of carbonyl (C=O) groups is 6. The Kier molecular flexibility index (Phi) is 32.6. The lowest BCUT2D eigenvalue weighted by molar-refractivity contribution is -0.274. The van der Waals surface area contributed by atoms with Crippen LogP contribution in [0.15, 0.2) is 215 Å². The molecule has 0 radical (unpaired) electrons. The van der Waals surface area contributed by atoms with Gasteiger partial charge in [-0.15, -0.1) is 13.2 Å². The number of hydrogen-bond acceptors (Lipinski definition) is 28. The van der Waals surface area contributed by atoms with Gasteiger partial charge in [0, 0.05) is 152 Å². The molecule has 0 atom stereocenters. The van der Waals surface area contributed by atoms with E-state index in [1.165, 1.54) is 91.9 Å².